The van der Waals surface area contributed by atoms with Crippen molar-refractivity contribution < 1.29 is 19.4 Å². The number of aliphatic hydroxyl groups is 1. The number of hydrogen-bond acceptors (Lipinski definition) is 6. The maximum Gasteiger partial charge on any atom is 0.257 e. The summed E-state index contributed by atoms with van der Waals surface area (Å²) >= 11 is 1.49. The molecule has 158 valence electrons. The Bertz CT molecular complexity index is 832. The Balaban J connectivity index is 0.00000300. The summed E-state index contributed by atoms with van der Waals surface area (Å²) in [5, 5.41) is 10.5. The van der Waals surface area contributed by atoms with Crippen LogP contribution in [0.1, 0.15) is 10.8 Å². The summed E-state index contributed by atoms with van der Waals surface area (Å²) in [6, 6.07) is 13.2. The molecular weight excluding hydrogens is 412 g/mol. The number of amides is 1. The van der Waals surface area contributed by atoms with Crippen LogP contribution in [0.3, 0.4) is 0 Å². The van der Waals surface area contributed by atoms with Gasteiger partial charge in [0, 0.05) is 24.1 Å². The zero-order valence-electron chi connectivity index (χ0n) is 17.0. The Hall–Kier alpha value is -1.93. The Morgan fingerprint density at radius 3 is 2.28 bits per heavy atom. The summed E-state index contributed by atoms with van der Waals surface area (Å²) in [5.74, 6) is 1.11. The lowest BCUT2D eigenvalue weighted by molar-refractivity contribution is -0.126. The van der Waals surface area contributed by atoms with E-state index in [9.17, 15) is 9.90 Å². The molecule has 2 atom stereocenters. The minimum absolute atomic E-state index is 0. The second-order valence-electron chi connectivity index (χ2n) is 6.88. The van der Waals surface area contributed by atoms with Crippen molar-refractivity contribution >= 4 is 35.8 Å². The highest BCUT2D eigenvalue weighted by molar-refractivity contribution is 7.99. The lowest BCUT2D eigenvalue weighted by Crippen LogP contribution is -2.43. The maximum atomic E-state index is 13.2. The second kappa shape index (κ2) is 10.2. The van der Waals surface area contributed by atoms with E-state index in [0.29, 0.717) is 18.8 Å². The van der Waals surface area contributed by atoms with Gasteiger partial charge in [0.05, 0.1) is 25.2 Å². The van der Waals surface area contributed by atoms with Crippen molar-refractivity contribution in [3.63, 3.8) is 0 Å². The Morgan fingerprint density at radius 1 is 1.07 bits per heavy atom. The molecule has 0 fully saturated rings. The molecule has 1 aliphatic heterocycles. The van der Waals surface area contributed by atoms with Crippen molar-refractivity contribution in [3.05, 3.63) is 48.0 Å². The van der Waals surface area contributed by atoms with Crippen LogP contribution in [0.2, 0.25) is 0 Å². The molecule has 1 heterocycles. The first kappa shape index (κ1) is 23.3. The molecule has 3 rings (SSSR count). The van der Waals surface area contributed by atoms with Crippen molar-refractivity contribution in [3.8, 4) is 11.5 Å². The molecule has 2 aromatic rings. The highest BCUT2D eigenvalue weighted by atomic mass is 35.5. The topological polar surface area (TPSA) is 62.2 Å². The second-order valence-corrected chi connectivity index (χ2v) is 8.07. The number of thioether (sulfide) groups is 1. The number of halogens is 1. The summed E-state index contributed by atoms with van der Waals surface area (Å²) in [6.45, 7) is 1.17. The fourth-order valence-corrected chi connectivity index (χ4v) is 4.37. The Kier molecular flexibility index (Phi) is 8.22. The highest BCUT2D eigenvalue weighted by Gasteiger charge is 2.37. The van der Waals surface area contributed by atoms with E-state index in [2.05, 4.69) is 0 Å². The number of benzene rings is 2. The van der Waals surface area contributed by atoms with Gasteiger partial charge in [-0.25, -0.2) is 0 Å². The van der Waals surface area contributed by atoms with Crippen LogP contribution >= 0.6 is 24.2 Å². The number of hydrogen-bond donors (Lipinski definition) is 1. The molecular formula is C21H27ClN2O4S. The summed E-state index contributed by atoms with van der Waals surface area (Å²) in [7, 11) is 7.13. The van der Waals surface area contributed by atoms with Crippen molar-refractivity contribution in [1.82, 2.24) is 4.90 Å². The van der Waals surface area contributed by atoms with E-state index in [1.54, 1.807) is 19.1 Å². The molecule has 1 amide bonds. The molecule has 6 nitrogen and oxygen atoms in total. The molecule has 8 heteroatoms. The van der Waals surface area contributed by atoms with Crippen LogP contribution < -0.4 is 14.4 Å². The molecule has 2 unspecified atom stereocenters. The molecule has 0 aromatic heterocycles. The van der Waals surface area contributed by atoms with Crippen LogP contribution in [0.15, 0.2) is 47.4 Å². The average Bonchev–Trinajstić information content (AvgIpc) is 2.81. The number of anilines is 1. The minimum atomic E-state index is -1.15. The minimum Gasteiger partial charge on any atom is -0.497 e. The Labute approximate surface area is 182 Å². The standard InChI is InChI=1S/C21H26N2O4S.ClH/c1-22(2)11-12-23-17-13-16(27-4)9-10-18(17)28-20(19(24)21(23)25)14-5-7-15(26-3)8-6-14;/h5-10,13,19-20,24H,11-12H2,1-4H3;1H. The van der Waals surface area contributed by atoms with E-state index in [0.717, 1.165) is 21.9 Å². The van der Waals surface area contributed by atoms with E-state index in [-0.39, 0.29) is 18.3 Å². The largest absolute Gasteiger partial charge is 0.497 e. The van der Waals surface area contributed by atoms with Crippen LogP contribution in [0.25, 0.3) is 0 Å². The normalized spacial score (nSPS) is 18.7. The lowest BCUT2D eigenvalue weighted by Gasteiger charge is -2.26. The smallest absolute Gasteiger partial charge is 0.257 e. The number of rotatable bonds is 6. The van der Waals surface area contributed by atoms with Crippen LogP contribution in [-0.2, 0) is 4.79 Å². The molecule has 0 saturated carbocycles. The predicted octanol–water partition coefficient (Wildman–Crippen LogP) is 3.23. The van der Waals surface area contributed by atoms with Gasteiger partial charge in [0.25, 0.3) is 5.91 Å². The predicted molar refractivity (Wildman–Crippen MR) is 119 cm³/mol. The number of likely N-dealkylation sites (N-methyl/N-ethyl adjacent to an activating group) is 1. The molecule has 0 spiro atoms. The number of fused-ring (bicyclic) bond motifs is 1. The Morgan fingerprint density at radius 2 is 1.69 bits per heavy atom. The van der Waals surface area contributed by atoms with Gasteiger partial charge in [-0.1, -0.05) is 12.1 Å². The molecule has 0 radical (unpaired) electrons. The molecule has 29 heavy (non-hydrogen) atoms. The number of nitrogens with zero attached hydrogens (tertiary/aromatic N) is 2. The van der Waals surface area contributed by atoms with Gasteiger partial charge >= 0.3 is 0 Å². The zero-order valence-corrected chi connectivity index (χ0v) is 18.6. The average molecular weight is 439 g/mol. The molecule has 1 aliphatic rings. The SMILES string of the molecule is COc1ccc(C2Sc3ccc(OC)cc3N(CCN(C)C)C(=O)C2O)cc1.Cl. The van der Waals surface area contributed by atoms with Gasteiger partial charge in [0.1, 0.15) is 17.6 Å². The van der Waals surface area contributed by atoms with Crippen molar-refractivity contribution in [2.75, 3.05) is 46.3 Å². The third-order valence-electron chi connectivity index (χ3n) is 4.73. The van der Waals surface area contributed by atoms with Crippen molar-refractivity contribution in [2.45, 2.75) is 16.2 Å². The molecule has 0 aliphatic carbocycles. The molecule has 0 bridgehead atoms. The number of methoxy groups -OCH3 is 2. The van der Waals surface area contributed by atoms with Crippen LogP contribution in [0.4, 0.5) is 5.69 Å². The van der Waals surface area contributed by atoms with Crippen LogP contribution in [0, 0.1) is 0 Å². The summed E-state index contributed by atoms with van der Waals surface area (Å²) < 4.78 is 10.6. The van der Waals surface area contributed by atoms with Gasteiger partial charge in [0.2, 0.25) is 0 Å². The third-order valence-corrected chi connectivity index (χ3v) is 6.11. The summed E-state index contributed by atoms with van der Waals surface area (Å²) in [6.07, 6.45) is -1.15. The quantitative estimate of drug-likeness (QED) is 0.747. The highest BCUT2D eigenvalue weighted by Crippen LogP contribution is 2.46. The number of carbonyl (C=O) groups excluding carboxylic acids is 1. The molecule has 2 aromatic carbocycles. The third kappa shape index (κ3) is 5.17. The van der Waals surface area contributed by atoms with Gasteiger partial charge in [-0.2, -0.15) is 0 Å². The van der Waals surface area contributed by atoms with E-state index < -0.39 is 11.4 Å². The van der Waals surface area contributed by atoms with Gasteiger partial charge in [-0.15, -0.1) is 24.2 Å². The molecule has 0 saturated heterocycles. The fraction of sp³-hybridized carbons (Fsp3) is 0.381. The number of carbonyl (C=O) groups is 1. The van der Waals surface area contributed by atoms with E-state index in [4.69, 9.17) is 9.47 Å². The zero-order chi connectivity index (χ0) is 20.3. The lowest BCUT2D eigenvalue weighted by atomic mass is 10.1. The molecule has 1 N–H and O–H groups in total. The summed E-state index contributed by atoms with van der Waals surface area (Å²) in [5.41, 5.74) is 1.65. The summed E-state index contributed by atoms with van der Waals surface area (Å²) in [4.78, 5) is 17.8. The van der Waals surface area contributed by atoms with Crippen molar-refractivity contribution in [1.29, 1.82) is 0 Å². The van der Waals surface area contributed by atoms with Crippen molar-refractivity contribution in [2.24, 2.45) is 0 Å². The van der Waals surface area contributed by atoms with Gasteiger partial charge in [-0.3, -0.25) is 4.79 Å². The first-order valence-corrected chi connectivity index (χ1v) is 9.95. The number of aliphatic hydroxyl groups excluding tert-OH is 1. The number of ether oxygens (including phenoxy) is 2. The van der Waals surface area contributed by atoms with E-state index in [1.165, 1.54) is 11.8 Å². The first-order valence-electron chi connectivity index (χ1n) is 9.07. The first-order chi connectivity index (χ1) is 13.4. The maximum absolute atomic E-state index is 13.2. The van der Waals surface area contributed by atoms with E-state index >= 15 is 0 Å². The van der Waals surface area contributed by atoms with Gasteiger partial charge in [0.15, 0.2) is 0 Å². The van der Waals surface area contributed by atoms with E-state index in [1.807, 2.05) is 61.5 Å². The van der Waals surface area contributed by atoms with Crippen LogP contribution in [-0.4, -0.2) is 63.4 Å². The fourth-order valence-electron chi connectivity index (χ4n) is 3.12. The van der Waals surface area contributed by atoms with Gasteiger partial charge in [-0.05, 0) is 43.9 Å². The monoisotopic (exact) mass is 438 g/mol. The van der Waals surface area contributed by atoms with Crippen LogP contribution in [0.5, 0.6) is 11.5 Å². The van der Waals surface area contributed by atoms with Gasteiger partial charge < -0.3 is 24.4 Å².